The van der Waals surface area contributed by atoms with Gasteiger partial charge in [-0.2, -0.15) is 0 Å². The molecule has 0 aliphatic heterocycles. The van der Waals surface area contributed by atoms with Gasteiger partial charge in [-0.05, 0) is 42.8 Å². The first-order chi connectivity index (χ1) is 26.4. The van der Waals surface area contributed by atoms with Gasteiger partial charge in [-0.3, -0.25) is 4.79 Å². The molecule has 0 aliphatic carbocycles. The van der Waals surface area contributed by atoms with Crippen molar-refractivity contribution in [1.29, 1.82) is 0 Å². The molecule has 1 amide bonds. The van der Waals surface area contributed by atoms with Crippen LogP contribution < -0.4 is 5.32 Å². The quantitative estimate of drug-likeness (QED) is 0.0403. The van der Waals surface area contributed by atoms with E-state index in [1.165, 1.54) is 155 Å². The van der Waals surface area contributed by atoms with Crippen molar-refractivity contribution in [3.63, 3.8) is 0 Å². The van der Waals surface area contributed by atoms with E-state index >= 15 is 0 Å². The summed E-state index contributed by atoms with van der Waals surface area (Å²) in [6.07, 6.45) is 35.9. The number of esters is 1. The smallest absolute Gasteiger partial charge is 0.388 e. The molecule has 1 N–H and O–H groups in total. The van der Waals surface area contributed by atoms with Crippen LogP contribution in [0.1, 0.15) is 217 Å². The molecule has 0 saturated carbocycles. The molecule has 0 radical (unpaired) electrons. The van der Waals surface area contributed by atoms with Gasteiger partial charge in [0.1, 0.15) is 6.10 Å². The second-order valence-electron chi connectivity index (χ2n) is 15.3. The summed E-state index contributed by atoms with van der Waals surface area (Å²) in [6, 6.07) is 8.46. The van der Waals surface area contributed by atoms with Crippen molar-refractivity contribution >= 4 is 30.1 Å². The van der Waals surface area contributed by atoms with Gasteiger partial charge >= 0.3 is 12.8 Å². The van der Waals surface area contributed by atoms with Crippen LogP contribution in [0.5, 0.6) is 0 Å². The van der Waals surface area contributed by atoms with Crippen molar-refractivity contribution in [3.05, 3.63) is 35.9 Å². The SMILES string of the molecule is CCCCCCCCCCCCCCCCCC(=O)NC(CSP(=O)(OC)OC)C(CCCCCCCCCCCCCCC)OC(=O)c1ccccc1. The fourth-order valence-electron chi connectivity index (χ4n) is 7.01. The number of carbonyl (C=O) groups is 2. The summed E-state index contributed by atoms with van der Waals surface area (Å²) < 4.78 is 29.5. The fourth-order valence-corrected chi connectivity index (χ4v) is 9.68. The monoisotopic (exact) mass is 796 g/mol. The lowest BCUT2D eigenvalue weighted by Crippen LogP contribution is -2.47. The number of rotatable bonds is 39. The highest BCUT2D eigenvalue weighted by Gasteiger charge is 2.31. The maximum Gasteiger partial charge on any atom is 0.388 e. The van der Waals surface area contributed by atoms with E-state index in [9.17, 15) is 14.2 Å². The van der Waals surface area contributed by atoms with Crippen molar-refractivity contribution in [1.82, 2.24) is 5.32 Å². The first-order valence-electron chi connectivity index (χ1n) is 22.3. The van der Waals surface area contributed by atoms with Gasteiger partial charge in [-0.1, -0.05) is 199 Å². The highest BCUT2D eigenvalue weighted by Crippen LogP contribution is 2.59. The van der Waals surface area contributed by atoms with Crippen LogP contribution in [-0.2, 0) is 23.1 Å². The highest BCUT2D eigenvalue weighted by molar-refractivity contribution is 8.55. The molecule has 1 aromatic carbocycles. The molecule has 0 aromatic heterocycles. The van der Waals surface area contributed by atoms with Gasteiger partial charge in [0.25, 0.3) is 0 Å². The Hall–Kier alpha value is -1.34. The number of carbonyl (C=O) groups excluding carboxylic acids is 2. The molecule has 2 atom stereocenters. The van der Waals surface area contributed by atoms with Gasteiger partial charge in [0.05, 0.1) is 11.6 Å². The Morgan fingerprint density at radius 3 is 1.39 bits per heavy atom. The van der Waals surface area contributed by atoms with Crippen molar-refractivity contribution in [2.45, 2.75) is 219 Å². The predicted molar refractivity (Wildman–Crippen MR) is 232 cm³/mol. The Morgan fingerprint density at radius 2 is 0.981 bits per heavy atom. The first kappa shape index (κ1) is 50.7. The number of benzene rings is 1. The molecule has 2 unspecified atom stereocenters. The largest absolute Gasteiger partial charge is 0.457 e. The van der Waals surface area contributed by atoms with E-state index in [2.05, 4.69) is 19.2 Å². The molecule has 1 rings (SSSR count). The van der Waals surface area contributed by atoms with E-state index in [4.69, 9.17) is 13.8 Å². The third kappa shape index (κ3) is 28.1. The molecular formula is C45H82NO6PS. The minimum atomic E-state index is -3.40. The topological polar surface area (TPSA) is 90.9 Å². The molecule has 0 aliphatic rings. The number of nitrogens with one attached hydrogen (secondary N) is 1. The van der Waals surface area contributed by atoms with Crippen LogP contribution in [0.2, 0.25) is 0 Å². The van der Waals surface area contributed by atoms with E-state index in [1.807, 2.05) is 18.2 Å². The molecule has 314 valence electrons. The van der Waals surface area contributed by atoms with Crippen LogP contribution in [0.3, 0.4) is 0 Å². The van der Waals surface area contributed by atoms with Gasteiger partial charge in [0.2, 0.25) is 5.91 Å². The molecule has 0 spiro atoms. The standard InChI is InChI=1S/C45H82NO6PS/c1-5-7-9-11-13-15-17-19-20-22-24-26-28-30-35-39-44(47)46-42(40-54-53(49,50-3)51-4)43(52-45(48)41-36-32-31-33-37-41)38-34-29-27-25-23-21-18-16-14-12-10-8-6-2/h31-33,36-37,42-43H,5-30,34-35,38-40H2,1-4H3,(H,46,47). The summed E-state index contributed by atoms with van der Waals surface area (Å²) in [6.45, 7) is 1.14. The van der Waals surface area contributed by atoms with Crippen LogP contribution in [0.15, 0.2) is 30.3 Å². The average molecular weight is 796 g/mol. The summed E-state index contributed by atoms with van der Waals surface area (Å²) in [4.78, 5) is 26.6. The van der Waals surface area contributed by atoms with Crippen LogP contribution >= 0.6 is 18.2 Å². The maximum absolute atomic E-state index is 13.3. The lowest BCUT2D eigenvalue weighted by Gasteiger charge is -2.29. The third-order valence-electron chi connectivity index (χ3n) is 10.5. The molecule has 0 saturated heterocycles. The van der Waals surface area contributed by atoms with E-state index in [0.29, 0.717) is 18.4 Å². The van der Waals surface area contributed by atoms with E-state index in [-0.39, 0.29) is 11.7 Å². The Bertz CT molecular complexity index is 1050. The van der Waals surface area contributed by atoms with Gasteiger partial charge in [-0.25, -0.2) is 9.36 Å². The molecule has 0 bridgehead atoms. The Kier molecular flexibility index (Phi) is 33.8. The average Bonchev–Trinajstić information content (AvgIpc) is 3.19. The van der Waals surface area contributed by atoms with E-state index in [1.54, 1.807) is 12.1 Å². The predicted octanol–water partition coefficient (Wildman–Crippen LogP) is 14.6. The number of amides is 1. The van der Waals surface area contributed by atoms with Crippen molar-refractivity contribution < 1.29 is 27.9 Å². The highest BCUT2D eigenvalue weighted by atomic mass is 32.7. The number of hydrogen-bond acceptors (Lipinski definition) is 7. The number of hydrogen-bond donors (Lipinski definition) is 1. The molecule has 9 heteroatoms. The lowest BCUT2D eigenvalue weighted by molar-refractivity contribution is -0.122. The van der Waals surface area contributed by atoms with E-state index in [0.717, 1.165) is 49.9 Å². The number of unbranched alkanes of at least 4 members (excludes halogenated alkanes) is 26. The lowest BCUT2D eigenvalue weighted by atomic mass is 10.0. The minimum absolute atomic E-state index is 0.0638. The first-order valence-corrected chi connectivity index (χ1v) is 25.4. The molecular weight excluding hydrogens is 714 g/mol. The molecule has 0 fully saturated rings. The third-order valence-corrected chi connectivity index (χ3v) is 14.5. The number of ether oxygens (including phenoxy) is 1. The van der Waals surface area contributed by atoms with Gasteiger partial charge in [0.15, 0.2) is 0 Å². The zero-order chi connectivity index (χ0) is 39.4. The zero-order valence-corrected chi connectivity index (χ0v) is 37.0. The molecule has 0 heterocycles. The van der Waals surface area contributed by atoms with Crippen LogP contribution in [0.4, 0.5) is 0 Å². The van der Waals surface area contributed by atoms with Crippen molar-refractivity contribution in [2.24, 2.45) is 0 Å². The van der Waals surface area contributed by atoms with Crippen molar-refractivity contribution in [3.8, 4) is 0 Å². The Balaban J connectivity index is 2.60. The van der Waals surface area contributed by atoms with Crippen LogP contribution in [-0.4, -0.2) is 44.0 Å². The Labute approximate surface area is 336 Å². The molecule has 1 aromatic rings. The van der Waals surface area contributed by atoms with Crippen LogP contribution in [0.25, 0.3) is 0 Å². The maximum atomic E-state index is 13.3. The summed E-state index contributed by atoms with van der Waals surface area (Å²) in [5.41, 5.74) is 0.475. The summed E-state index contributed by atoms with van der Waals surface area (Å²) in [5, 5.41) is 3.17. The Morgan fingerprint density at radius 1 is 0.593 bits per heavy atom. The van der Waals surface area contributed by atoms with E-state index < -0.39 is 24.9 Å². The minimum Gasteiger partial charge on any atom is -0.457 e. The van der Waals surface area contributed by atoms with Crippen molar-refractivity contribution in [2.75, 3.05) is 20.0 Å². The molecule has 7 nitrogen and oxygen atoms in total. The summed E-state index contributed by atoms with van der Waals surface area (Å²) >= 11 is 1.04. The zero-order valence-electron chi connectivity index (χ0n) is 35.3. The van der Waals surface area contributed by atoms with Gasteiger partial charge in [0, 0.05) is 26.4 Å². The second-order valence-corrected chi connectivity index (χ2v) is 19.7. The van der Waals surface area contributed by atoms with Gasteiger partial charge in [-0.15, -0.1) is 0 Å². The molecule has 54 heavy (non-hydrogen) atoms. The van der Waals surface area contributed by atoms with Gasteiger partial charge < -0.3 is 19.1 Å². The second kappa shape index (κ2) is 36.0. The summed E-state index contributed by atoms with van der Waals surface area (Å²) in [5.74, 6) is -0.232. The normalized spacial score (nSPS) is 12.8. The fraction of sp³-hybridized carbons (Fsp3) is 0.822. The summed E-state index contributed by atoms with van der Waals surface area (Å²) in [7, 11) is 2.73. The van der Waals surface area contributed by atoms with Crippen LogP contribution in [0, 0.1) is 0 Å².